The first kappa shape index (κ1) is 11.7. The van der Waals surface area contributed by atoms with Crippen molar-refractivity contribution >= 4 is 0 Å². The van der Waals surface area contributed by atoms with Crippen molar-refractivity contribution in [3.8, 4) is 12.3 Å². The average Bonchev–Trinajstić information content (AvgIpc) is 2.16. The highest BCUT2D eigenvalue weighted by molar-refractivity contribution is 5.19. The van der Waals surface area contributed by atoms with Crippen LogP contribution in [-0.2, 0) is 6.54 Å². The van der Waals surface area contributed by atoms with Crippen LogP contribution in [0.1, 0.15) is 19.4 Å². The van der Waals surface area contributed by atoms with Gasteiger partial charge in [0.15, 0.2) is 0 Å². The summed E-state index contributed by atoms with van der Waals surface area (Å²) in [4.78, 5) is 0. The Balaban J connectivity index is 2.71. The Morgan fingerprint density at radius 3 is 2.60 bits per heavy atom. The van der Waals surface area contributed by atoms with Gasteiger partial charge >= 0.3 is 0 Å². The summed E-state index contributed by atoms with van der Waals surface area (Å²) in [6.45, 7) is 3.91. The molecule has 0 saturated heterocycles. The van der Waals surface area contributed by atoms with Gasteiger partial charge in [0, 0.05) is 18.2 Å². The number of halogens is 2. The van der Waals surface area contributed by atoms with E-state index in [2.05, 4.69) is 11.2 Å². The molecule has 0 heterocycles. The Morgan fingerprint density at radius 2 is 2.07 bits per heavy atom. The van der Waals surface area contributed by atoms with Crippen molar-refractivity contribution in [3.63, 3.8) is 0 Å². The summed E-state index contributed by atoms with van der Waals surface area (Å²) in [5.41, 5.74) is -0.0967. The molecular formula is C12H13F2N. The maximum Gasteiger partial charge on any atom is 0.130 e. The first-order chi connectivity index (χ1) is 6.94. The molecule has 1 nitrogen and oxygen atoms in total. The number of terminal acetylenes is 1. The molecular weight excluding hydrogens is 196 g/mol. The lowest BCUT2D eigenvalue weighted by Crippen LogP contribution is -2.37. The number of benzene rings is 1. The second kappa shape index (κ2) is 4.41. The van der Waals surface area contributed by atoms with Crippen LogP contribution in [0.5, 0.6) is 0 Å². The van der Waals surface area contributed by atoms with Gasteiger partial charge in [-0.25, -0.2) is 8.78 Å². The van der Waals surface area contributed by atoms with Gasteiger partial charge in [0.2, 0.25) is 0 Å². The zero-order chi connectivity index (χ0) is 11.5. The topological polar surface area (TPSA) is 12.0 Å². The SMILES string of the molecule is C#CC(C)(C)NCc1ccc(F)cc1F. The second-order valence-corrected chi connectivity index (χ2v) is 3.86. The quantitative estimate of drug-likeness (QED) is 0.754. The Bertz CT molecular complexity index is 391. The van der Waals surface area contributed by atoms with Gasteiger partial charge in [0.1, 0.15) is 11.6 Å². The highest BCUT2D eigenvalue weighted by atomic mass is 19.1. The van der Waals surface area contributed by atoms with Crippen molar-refractivity contribution < 1.29 is 8.78 Å². The van der Waals surface area contributed by atoms with E-state index in [-0.39, 0.29) is 6.54 Å². The molecule has 0 saturated carbocycles. The fourth-order valence-electron chi connectivity index (χ4n) is 1.03. The normalized spacial score (nSPS) is 11.1. The molecule has 0 fully saturated rings. The van der Waals surface area contributed by atoms with Gasteiger partial charge in [0.25, 0.3) is 0 Å². The molecule has 0 amide bonds. The summed E-state index contributed by atoms with van der Waals surface area (Å²) < 4.78 is 25.8. The van der Waals surface area contributed by atoms with Crippen LogP contribution in [-0.4, -0.2) is 5.54 Å². The molecule has 0 bridgehead atoms. The van der Waals surface area contributed by atoms with Crippen molar-refractivity contribution in [3.05, 3.63) is 35.4 Å². The molecule has 0 unspecified atom stereocenters. The Kier molecular flexibility index (Phi) is 3.43. The standard InChI is InChI=1S/C12H13F2N/c1-4-12(2,3)15-8-9-5-6-10(13)7-11(9)14/h1,5-7,15H,8H2,2-3H3. The van der Waals surface area contributed by atoms with Crippen LogP contribution in [0.25, 0.3) is 0 Å². The van der Waals surface area contributed by atoms with Crippen LogP contribution in [0, 0.1) is 24.0 Å². The lowest BCUT2D eigenvalue weighted by atomic mass is 10.1. The molecule has 1 aromatic carbocycles. The van der Waals surface area contributed by atoms with E-state index in [9.17, 15) is 8.78 Å². The minimum absolute atomic E-state index is 0.281. The highest BCUT2D eigenvalue weighted by Gasteiger charge is 2.13. The Hall–Kier alpha value is -1.40. The van der Waals surface area contributed by atoms with E-state index in [1.807, 2.05) is 13.8 Å². The summed E-state index contributed by atoms with van der Waals surface area (Å²) >= 11 is 0. The lowest BCUT2D eigenvalue weighted by molar-refractivity contribution is 0.477. The van der Waals surface area contributed by atoms with Gasteiger partial charge in [-0.15, -0.1) is 6.42 Å². The van der Waals surface area contributed by atoms with Gasteiger partial charge in [0.05, 0.1) is 5.54 Å². The van der Waals surface area contributed by atoms with E-state index >= 15 is 0 Å². The van der Waals surface area contributed by atoms with Crippen molar-refractivity contribution in [2.24, 2.45) is 0 Å². The fourth-order valence-corrected chi connectivity index (χ4v) is 1.03. The molecule has 80 valence electrons. The first-order valence-corrected chi connectivity index (χ1v) is 4.61. The van der Waals surface area contributed by atoms with Gasteiger partial charge in [-0.3, -0.25) is 5.32 Å². The molecule has 1 aromatic rings. The predicted molar refractivity (Wildman–Crippen MR) is 56.1 cm³/mol. The van der Waals surface area contributed by atoms with E-state index in [1.165, 1.54) is 12.1 Å². The van der Waals surface area contributed by atoms with Crippen molar-refractivity contribution in [2.75, 3.05) is 0 Å². The third-order valence-electron chi connectivity index (χ3n) is 2.10. The van der Waals surface area contributed by atoms with Crippen molar-refractivity contribution in [1.82, 2.24) is 5.32 Å². The molecule has 15 heavy (non-hydrogen) atoms. The lowest BCUT2D eigenvalue weighted by Gasteiger charge is -2.19. The number of rotatable bonds is 3. The zero-order valence-electron chi connectivity index (χ0n) is 8.77. The van der Waals surface area contributed by atoms with E-state index in [1.54, 1.807) is 0 Å². The van der Waals surface area contributed by atoms with E-state index in [0.29, 0.717) is 5.56 Å². The van der Waals surface area contributed by atoms with Crippen LogP contribution in [0.3, 0.4) is 0 Å². The van der Waals surface area contributed by atoms with E-state index < -0.39 is 17.2 Å². The molecule has 0 aromatic heterocycles. The first-order valence-electron chi connectivity index (χ1n) is 4.61. The zero-order valence-corrected chi connectivity index (χ0v) is 8.77. The van der Waals surface area contributed by atoms with Crippen molar-refractivity contribution in [2.45, 2.75) is 25.9 Å². The van der Waals surface area contributed by atoms with E-state index in [4.69, 9.17) is 6.42 Å². The summed E-state index contributed by atoms with van der Waals surface area (Å²) in [6.07, 6.45) is 5.27. The van der Waals surface area contributed by atoms with E-state index in [0.717, 1.165) is 6.07 Å². The second-order valence-electron chi connectivity index (χ2n) is 3.86. The molecule has 3 heteroatoms. The monoisotopic (exact) mass is 209 g/mol. The summed E-state index contributed by atoms with van der Waals surface area (Å²) in [7, 11) is 0. The van der Waals surface area contributed by atoms with Gasteiger partial charge in [-0.1, -0.05) is 12.0 Å². The van der Waals surface area contributed by atoms with Gasteiger partial charge in [-0.05, 0) is 19.9 Å². The van der Waals surface area contributed by atoms with Crippen LogP contribution >= 0.6 is 0 Å². The maximum absolute atomic E-state index is 13.2. The molecule has 0 aliphatic rings. The van der Waals surface area contributed by atoms with Crippen LogP contribution in [0.2, 0.25) is 0 Å². The highest BCUT2D eigenvalue weighted by Crippen LogP contribution is 2.10. The molecule has 0 aliphatic carbocycles. The van der Waals surface area contributed by atoms with Crippen LogP contribution < -0.4 is 5.32 Å². The predicted octanol–water partition coefficient (Wildman–Crippen LogP) is 2.47. The third kappa shape index (κ3) is 3.34. The van der Waals surface area contributed by atoms with Gasteiger partial charge < -0.3 is 0 Å². The Labute approximate surface area is 88.5 Å². The molecule has 0 spiro atoms. The largest absolute Gasteiger partial charge is 0.297 e. The number of hydrogen-bond donors (Lipinski definition) is 1. The Morgan fingerprint density at radius 1 is 1.40 bits per heavy atom. The third-order valence-corrected chi connectivity index (χ3v) is 2.10. The summed E-state index contributed by atoms with van der Waals surface area (Å²) in [6, 6.07) is 3.49. The smallest absolute Gasteiger partial charge is 0.130 e. The minimum Gasteiger partial charge on any atom is -0.297 e. The maximum atomic E-state index is 13.2. The number of nitrogens with one attached hydrogen (secondary N) is 1. The fraction of sp³-hybridized carbons (Fsp3) is 0.333. The molecule has 0 aliphatic heterocycles. The van der Waals surface area contributed by atoms with Gasteiger partial charge in [-0.2, -0.15) is 0 Å². The summed E-state index contributed by atoms with van der Waals surface area (Å²) in [5.74, 6) is 1.40. The molecule has 1 rings (SSSR count). The van der Waals surface area contributed by atoms with Crippen LogP contribution in [0.15, 0.2) is 18.2 Å². The minimum atomic E-state index is -0.576. The van der Waals surface area contributed by atoms with Crippen molar-refractivity contribution in [1.29, 1.82) is 0 Å². The molecule has 1 N–H and O–H groups in total. The summed E-state index contributed by atoms with van der Waals surface area (Å²) in [5, 5.41) is 2.99. The molecule has 0 atom stereocenters. The number of hydrogen-bond acceptors (Lipinski definition) is 1. The average molecular weight is 209 g/mol. The van der Waals surface area contributed by atoms with Crippen LogP contribution in [0.4, 0.5) is 8.78 Å². The molecule has 0 radical (unpaired) electrons.